The van der Waals surface area contributed by atoms with Crippen molar-refractivity contribution in [2.75, 3.05) is 0 Å². The Bertz CT molecular complexity index is 384. The van der Waals surface area contributed by atoms with Gasteiger partial charge in [0, 0.05) is 11.8 Å². The first-order valence-electron chi connectivity index (χ1n) is 5.00. The second-order valence-electron chi connectivity index (χ2n) is 4.55. The minimum atomic E-state index is 0.297. The molecule has 2 saturated carbocycles. The molecule has 4 atom stereocenters. The van der Waals surface area contributed by atoms with Crippen LogP contribution in [0.1, 0.15) is 29.4 Å². The summed E-state index contributed by atoms with van der Waals surface area (Å²) in [7, 11) is 0. The van der Waals surface area contributed by atoms with Gasteiger partial charge in [-0.15, -0.1) is 0 Å². The average Bonchev–Trinajstić information content (AvgIpc) is 2.81. The van der Waals surface area contributed by atoms with Crippen molar-refractivity contribution in [1.29, 1.82) is 0 Å². The third-order valence-corrected chi connectivity index (χ3v) is 4.03. The molecule has 13 heavy (non-hydrogen) atoms. The first kappa shape index (κ1) is 6.36. The van der Waals surface area contributed by atoms with E-state index in [2.05, 4.69) is 24.3 Å². The molecular formula is C12H10O. The van der Waals surface area contributed by atoms with E-state index in [-0.39, 0.29) is 0 Å². The lowest BCUT2D eigenvalue weighted by Crippen LogP contribution is -2.05. The van der Waals surface area contributed by atoms with Gasteiger partial charge in [0.25, 0.3) is 0 Å². The van der Waals surface area contributed by atoms with Crippen LogP contribution in [-0.4, -0.2) is 5.78 Å². The molecule has 0 unspecified atom stereocenters. The van der Waals surface area contributed by atoms with Crippen molar-refractivity contribution < 1.29 is 4.79 Å². The van der Waals surface area contributed by atoms with E-state index in [0.29, 0.717) is 17.6 Å². The normalized spacial score (nSPS) is 43.2. The number of carbonyl (C=O) groups is 1. The van der Waals surface area contributed by atoms with Crippen molar-refractivity contribution in [1.82, 2.24) is 0 Å². The standard InChI is InChI=1S/C12H10O/c13-12-10-6-3-1-2-4-7(6)11(12)9-5-8(9)10/h1-4,8-11H,5H2/t8-,9+,10-,11+. The van der Waals surface area contributed by atoms with Crippen molar-refractivity contribution in [2.45, 2.75) is 18.3 Å². The predicted molar refractivity (Wildman–Crippen MR) is 48.5 cm³/mol. The third-order valence-electron chi connectivity index (χ3n) is 4.03. The number of hydrogen-bond donors (Lipinski definition) is 0. The summed E-state index contributed by atoms with van der Waals surface area (Å²) in [4.78, 5) is 11.9. The molecule has 0 aliphatic heterocycles. The zero-order valence-electron chi connectivity index (χ0n) is 7.23. The van der Waals surface area contributed by atoms with E-state index in [1.54, 1.807) is 0 Å². The number of carbonyl (C=O) groups excluding carboxylic acids is 1. The van der Waals surface area contributed by atoms with Crippen molar-refractivity contribution in [3.63, 3.8) is 0 Å². The van der Waals surface area contributed by atoms with Gasteiger partial charge >= 0.3 is 0 Å². The zero-order valence-corrected chi connectivity index (χ0v) is 7.23. The Kier molecular flexibility index (Phi) is 0.841. The topological polar surface area (TPSA) is 17.1 Å². The molecule has 64 valence electrons. The van der Waals surface area contributed by atoms with Gasteiger partial charge in [-0.1, -0.05) is 24.3 Å². The number of Topliss-reactive ketones (excluding diaryl/α,β-unsaturated/α-hetero) is 1. The number of rotatable bonds is 0. The molecule has 3 aliphatic carbocycles. The molecule has 0 radical (unpaired) electrons. The number of hydrogen-bond acceptors (Lipinski definition) is 1. The van der Waals surface area contributed by atoms with Crippen LogP contribution in [-0.2, 0) is 4.79 Å². The molecule has 0 amide bonds. The monoisotopic (exact) mass is 170 g/mol. The highest BCUT2D eigenvalue weighted by Crippen LogP contribution is 2.68. The molecule has 0 N–H and O–H groups in total. The van der Waals surface area contributed by atoms with Crippen LogP contribution in [0.25, 0.3) is 0 Å². The summed E-state index contributed by atoms with van der Waals surface area (Å²) < 4.78 is 0. The summed E-state index contributed by atoms with van der Waals surface area (Å²) in [6, 6.07) is 8.41. The van der Waals surface area contributed by atoms with Crippen LogP contribution in [0, 0.1) is 11.8 Å². The van der Waals surface area contributed by atoms with E-state index in [4.69, 9.17) is 0 Å². The SMILES string of the molecule is O=C1[C@@H]2c3ccccc3[C@H]1[C@H]1C[C@H]12. The molecule has 0 spiro atoms. The number of benzene rings is 1. The average molecular weight is 170 g/mol. The lowest BCUT2D eigenvalue weighted by atomic mass is 9.92. The Hall–Kier alpha value is -1.11. The third kappa shape index (κ3) is 0.541. The summed E-state index contributed by atoms with van der Waals surface area (Å²) in [5, 5.41) is 0. The summed E-state index contributed by atoms with van der Waals surface area (Å²) >= 11 is 0. The van der Waals surface area contributed by atoms with Crippen LogP contribution >= 0.6 is 0 Å². The molecule has 1 aromatic rings. The summed E-state index contributed by atoms with van der Waals surface area (Å²) in [6.45, 7) is 0. The highest BCUT2D eigenvalue weighted by Gasteiger charge is 2.64. The maximum Gasteiger partial charge on any atom is 0.148 e. The predicted octanol–water partition coefficient (Wildman–Crippen LogP) is 2.09. The molecular weight excluding hydrogens is 160 g/mol. The first-order chi connectivity index (χ1) is 6.38. The zero-order chi connectivity index (χ0) is 8.58. The largest absolute Gasteiger partial charge is 0.298 e. The van der Waals surface area contributed by atoms with Crippen molar-refractivity contribution in [3.8, 4) is 0 Å². The molecule has 0 aromatic heterocycles. The molecule has 1 heteroatoms. The maximum absolute atomic E-state index is 11.9. The molecule has 1 aromatic carbocycles. The molecule has 2 fully saturated rings. The van der Waals surface area contributed by atoms with Crippen LogP contribution in [0.3, 0.4) is 0 Å². The summed E-state index contributed by atoms with van der Waals surface area (Å²) in [6.07, 6.45) is 1.30. The molecule has 4 rings (SSSR count). The fourth-order valence-corrected chi connectivity index (χ4v) is 3.46. The second kappa shape index (κ2) is 1.72. The second-order valence-corrected chi connectivity index (χ2v) is 4.55. The van der Waals surface area contributed by atoms with E-state index in [9.17, 15) is 4.79 Å². The fourth-order valence-electron chi connectivity index (χ4n) is 3.46. The van der Waals surface area contributed by atoms with Crippen LogP contribution in [0.5, 0.6) is 0 Å². The molecule has 2 bridgehead atoms. The Morgan fingerprint density at radius 1 is 1.00 bits per heavy atom. The first-order valence-corrected chi connectivity index (χ1v) is 5.00. The van der Waals surface area contributed by atoms with E-state index in [0.717, 1.165) is 11.8 Å². The van der Waals surface area contributed by atoms with Gasteiger partial charge in [0.1, 0.15) is 5.78 Å². The van der Waals surface area contributed by atoms with E-state index < -0.39 is 0 Å². The number of ketones is 1. The smallest absolute Gasteiger partial charge is 0.148 e. The van der Waals surface area contributed by atoms with E-state index in [1.807, 2.05) is 0 Å². The minimum absolute atomic E-state index is 0.297. The summed E-state index contributed by atoms with van der Waals surface area (Å²) in [5.41, 5.74) is 2.69. The lowest BCUT2D eigenvalue weighted by Gasteiger charge is -2.10. The van der Waals surface area contributed by atoms with Gasteiger partial charge in [0.05, 0.1) is 0 Å². The Labute approximate surface area is 76.8 Å². The molecule has 0 saturated heterocycles. The van der Waals surface area contributed by atoms with Gasteiger partial charge in [-0.3, -0.25) is 4.79 Å². The van der Waals surface area contributed by atoms with Gasteiger partial charge in [0.15, 0.2) is 0 Å². The van der Waals surface area contributed by atoms with Crippen LogP contribution < -0.4 is 0 Å². The van der Waals surface area contributed by atoms with Crippen LogP contribution in [0.15, 0.2) is 24.3 Å². The quantitative estimate of drug-likeness (QED) is 0.582. The maximum atomic E-state index is 11.9. The van der Waals surface area contributed by atoms with Crippen molar-refractivity contribution in [2.24, 2.45) is 11.8 Å². The van der Waals surface area contributed by atoms with Gasteiger partial charge in [0.2, 0.25) is 0 Å². The van der Waals surface area contributed by atoms with Gasteiger partial charge in [-0.2, -0.15) is 0 Å². The summed E-state index contributed by atoms with van der Waals surface area (Å²) in [5.74, 6) is 2.57. The number of fused-ring (bicyclic) bond motifs is 8. The van der Waals surface area contributed by atoms with Crippen LogP contribution in [0.2, 0.25) is 0 Å². The molecule has 0 heterocycles. The molecule has 1 nitrogen and oxygen atoms in total. The lowest BCUT2D eigenvalue weighted by molar-refractivity contribution is -0.119. The van der Waals surface area contributed by atoms with Gasteiger partial charge < -0.3 is 0 Å². The van der Waals surface area contributed by atoms with E-state index in [1.165, 1.54) is 17.5 Å². The van der Waals surface area contributed by atoms with Crippen molar-refractivity contribution >= 4 is 5.78 Å². The Balaban J connectivity index is 2.04. The van der Waals surface area contributed by atoms with Gasteiger partial charge in [-0.05, 0) is 29.4 Å². The van der Waals surface area contributed by atoms with Crippen molar-refractivity contribution in [3.05, 3.63) is 35.4 Å². The molecule has 3 aliphatic rings. The van der Waals surface area contributed by atoms with Gasteiger partial charge in [-0.25, -0.2) is 0 Å². The fraction of sp³-hybridized carbons (Fsp3) is 0.417. The highest BCUT2D eigenvalue weighted by molar-refractivity contribution is 6.01. The Morgan fingerprint density at radius 3 is 2.08 bits per heavy atom. The van der Waals surface area contributed by atoms with Crippen LogP contribution in [0.4, 0.5) is 0 Å². The highest BCUT2D eigenvalue weighted by atomic mass is 16.1. The Morgan fingerprint density at radius 2 is 1.54 bits per heavy atom. The van der Waals surface area contributed by atoms with E-state index >= 15 is 0 Å². The minimum Gasteiger partial charge on any atom is -0.298 e.